The van der Waals surface area contributed by atoms with Crippen LogP contribution in [0, 0.1) is 15.5 Å². The second-order valence-electron chi connectivity index (χ2n) is 5.09. The molecule has 0 amide bonds. The number of nitro groups is 1. The molecular weight excluding hydrogens is 234 g/mol. The molecule has 0 aliphatic heterocycles. The maximum absolute atomic E-state index is 10.9. The zero-order chi connectivity index (χ0) is 13.2. The average Bonchev–Trinajstić information content (AvgIpc) is 2.74. The first kappa shape index (κ1) is 12.5. The SMILES string of the molecule is CC1(CNc2nc(N)ncc2[N+](=O)[O-])CCCC1. The molecule has 1 aliphatic rings. The maximum Gasteiger partial charge on any atom is 0.329 e. The van der Waals surface area contributed by atoms with Crippen molar-refractivity contribution in [2.24, 2.45) is 5.41 Å². The second kappa shape index (κ2) is 4.75. The molecule has 2 rings (SSSR count). The van der Waals surface area contributed by atoms with Crippen molar-refractivity contribution >= 4 is 17.5 Å². The van der Waals surface area contributed by atoms with Crippen LogP contribution in [-0.2, 0) is 0 Å². The number of aromatic nitrogens is 2. The van der Waals surface area contributed by atoms with Crippen molar-refractivity contribution in [1.29, 1.82) is 0 Å². The van der Waals surface area contributed by atoms with Crippen molar-refractivity contribution in [3.8, 4) is 0 Å². The van der Waals surface area contributed by atoms with E-state index in [1.165, 1.54) is 12.8 Å². The van der Waals surface area contributed by atoms with Crippen LogP contribution < -0.4 is 11.1 Å². The molecule has 0 unspecified atom stereocenters. The van der Waals surface area contributed by atoms with E-state index in [0.29, 0.717) is 6.54 Å². The lowest BCUT2D eigenvalue weighted by Gasteiger charge is -2.23. The number of nitrogens with zero attached hydrogens (tertiary/aromatic N) is 3. The molecule has 3 N–H and O–H groups in total. The fourth-order valence-corrected chi connectivity index (χ4v) is 2.36. The highest BCUT2D eigenvalue weighted by Gasteiger charge is 2.29. The van der Waals surface area contributed by atoms with Gasteiger partial charge in [0.2, 0.25) is 11.8 Å². The molecule has 1 heterocycles. The van der Waals surface area contributed by atoms with Crippen LogP contribution in [0.2, 0.25) is 0 Å². The van der Waals surface area contributed by atoms with Gasteiger partial charge in [0.15, 0.2) is 0 Å². The van der Waals surface area contributed by atoms with Crippen molar-refractivity contribution in [3.63, 3.8) is 0 Å². The van der Waals surface area contributed by atoms with Crippen LogP contribution in [0.3, 0.4) is 0 Å². The van der Waals surface area contributed by atoms with E-state index in [9.17, 15) is 10.1 Å². The van der Waals surface area contributed by atoms with E-state index in [4.69, 9.17) is 5.73 Å². The molecule has 0 aromatic carbocycles. The molecule has 1 saturated carbocycles. The quantitative estimate of drug-likeness (QED) is 0.625. The summed E-state index contributed by atoms with van der Waals surface area (Å²) in [6.45, 7) is 2.85. The molecule has 98 valence electrons. The average molecular weight is 251 g/mol. The fraction of sp³-hybridized carbons (Fsp3) is 0.636. The van der Waals surface area contributed by atoms with Crippen molar-refractivity contribution in [2.75, 3.05) is 17.6 Å². The van der Waals surface area contributed by atoms with Crippen molar-refractivity contribution in [3.05, 3.63) is 16.3 Å². The zero-order valence-corrected chi connectivity index (χ0v) is 10.3. The minimum absolute atomic E-state index is 0.0414. The van der Waals surface area contributed by atoms with E-state index < -0.39 is 4.92 Å². The Labute approximate surface area is 105 Å². The Bertz CT molecular complexity index is 457. The summed E-state index contributed by atoms with van der Waals surface area (Å²) in [5.41, 5.74) is 5.51. The predicted octanol–water partition coefficient (Wildman–Crippen LogP) is 1.96. The van der Waals surface area contributed by atoms with Gasteiger partial charge in [-0.2, -0.15) is 4.98 Å². The molecule has 7 nitrogen and oxygen atoms in total. The summed E-state index contributed by atoms with van der Waals surface area (Å²) < 4.78 is 0. The van der Waals surface area contributed by atoms with Crippen LogP contribution in [0.15, 0.2) is 6.20 Å². The molecule has 0 saturated heterocycles. The normalized spacial score (nSPS) is 17.6. The molecular formula is C11H17N5O2. The van der Waals surface area contributed by atoms with Crippen molar-refractivity contribution in [1.82, 2.24) is 9.97 Å². The highest BCUT2D eigenvalue weighted by molar-refractivity contribution is 5.56. The third-order valence-electron chi connectivity index (χ3n) is 3.48. The zero-order valence-electron chi connectivity index (χ0n) is 10.3. The van der Waals surface area contributed by atoms with Crippen LogP contribution in [0.4, 0.5) is 17.5 Å². The van der Waals surface area contributed by atoms with Crippen LogP contribution in [0.5, 0.6) is 0 Å². The van der Waals surface area contributed by atoms with Crippen molar-refractivity contribution < 1.29 is 4.92 Å². The minimum Gasteiger partial charge on any atom is -0.368 e. The number of nitrogens with one attached hydrogen (secondary N) is 1. The fourth-order valence-electron chi connectivity index (χ4n) is 2.36. The first-order valence-corrected chi connectivity index (χ1v) is 6.01. The van der Waals surface area contributed by atoms with E-state index in [0.717, 1.165) is 19.0 Å². The first-order valence-electron chi connectivity index (χ1n) is 6.01. The summed E-state index contributed by atoms with van der Waals surface area (Å²) in [4.78, 5) is 17.9. The first-order chi connectivity index (χ1) is 8.50. The molecule has 1 aromatic heterocycles. The van der Waals surface area contributed by atoms with Gasteiger partial charge in [0.05, 0.1) is 4.92 Å². The number of nitrogen functional groups attached to an aromatic ring is 1. The smallest absolute Gasteiger partial charge is 0.329 e. The second-order valence-corrected chi connectivity index (χ2v) is 5.09. The Balaban J connectivity index is 2.12. The maximum atomic E-state index is 10.9. The number of hydrogen-bond donors (Lipinski definition) is 2. The van der Waals surface area contributed by atoms with Gasteiger partial charge >= 0.3 is 5.69 Å². The van der Waals surface area contributed by atoms with Crippen LogP contribution in [0.25, 0.3) is 0 Å². The van der Waals surface area contributed by atoms with Gasteiger partial charge < -0.3 is 11.1 Å². The van der Waals surface area contributed by atoms with Gasteiger partial charge in [-0.15, -0.1) is 0 Å². The van der Waals surface area contributed by atoms with Gasteiger partial charge in [-0.25, -0.2) is 4.98 Å². The van der Waals surface area contributed by atoms with Gasteiger partial charge in [0.25, 0.3) is 0 Å². The molecule has 0 atom stereocenters. The Morgan fingerprint density at radius 2 is 2.22 bits per heavy atom. The number of anilines is 2. The van der Waals surface area contributed by atoms with E-state index >= 15 is 0 Å². The molecule has 18 heavy (non-hydrogen) atoms. The van der Waals surface area contributed by atoms with Crippen LogP contribution >= 0.6 is 0 Å². The molecule has 0 radical (unpaired) electrons. The van der Waals surface area contributed by atoms with Crippen LogP contribution in [0.1, 0.15) is 32.6 Å². The summed E-state index contributed by atoms with van der Waals surface area (Å²) in [5, 5.41) is 13.9. The summed E-state index contributed by atoms with van der Waals surface area (Å²) in [7, 11) is 0. The summed E-state index contributed by atoms with van der Waals surface area (Å²) in [5.74, 6) is 0.250. The minimum atomic E-state index is -0.501. The van der Waals surface area contributed by atoms with E-state index in [1.54, 1.807) is 0 Å². The highest BCUT2D eigenvalue weighted by atomic mass is 16.6. The largest absolute Gasteiger partial charge is 0.368 e. The van der Waals surface area contributed by atoms with E-state index in [-0.39, 0.29) is 22.9 Å². The lowest BCUT2D eigenvalue weighted by Crippen LogP contribution is -2.24. The molecule has 0 spiro atoms. The molecule has 1 aromatic rings. The Kier molecular flexibility index (Phi) is 3.31. The topological polar surface area (TPSA) is 107 Å². The Morgan fingerprint density at radius 1 is 1.56 bits per heavy atom. The summed E-state index contributed by atoms with van der Waals surface area (Å²) >= 11 is 0. The van der Waals surface area contributed by atoms with E-state index in [1.807, 2.05) is 0 Å². The molecule has 1 aliphatic carbocycles. The van der Waals surface area contributed by atoms with Crippen molar-refractivity contribution in [2.45, 2.75) is 32.6 Å². The van der Waals surface area contributed by atoms with Crippen LogP contribution in [-0.4, -0.2) is 21.4 Å². The lowest BCUT2D eigenvalue weighted by molar-refractivity contribution is -0.384. The lowest BCUT2D eigenvalue weighted by atomic mass is 9.89. The highest BCUT2D eigenvalue weighted by Crippen LogP contribution is 2.37. The van der Waals surface area contributed by atoms with Gasteiger partial charge in [0, 0.05) is 6.54 Å². The monoisotopic (exact) mass is 251 g/mol. The third-order valence-corrected chi connectivity index (χ3v) is 3.48. The number of hydrogen-bond acceptors (Lipinski definition) is 6. The van der Waals surface area contributed by atoms with Gasteiger partial charge in [-0.3, -0.25) is 10.1 Å². The summed E-state index contributed by atoms with van der Waals surface area (Å²) in [6.07, 6.45) is 5.84. The molecule has 0 bridgehead atoms. The summed E-state index contributed by atoms with van der Waals surface area (Å²) in [6, 6.07) is 0. The standard InChI is InChI=1S/C11H17N5O2/c1-11(4-2-3-5-11)7-14-9-8(16(17)18)6-13-10(12)15-9/h6H,2-5,7H2,1H3,(H3,12,13,14,15). The predicted molar refractivity (Wildman–Crippen MR) is 68.2 cm³/mol. The van der Waals surface area contributed by atoms with E-state index in [2.05, 4.69) is 22.2 Å². The Morgan fingerprint density at radius 3 is 2.83 bits per heavy atom. The number of nitrogens with two attached hydrogens (primary N) is 1. The van der Waals surface area contributed by atoms with Gasteiger partial charge in [-0.05, 0) is 18.3 Å². The molecule has 1 fully saturated rings. The Hall–Kier alpha value is -1.92. The number of rotatable bonds is 4. The third kappa shape index (κ3) is 2.66. The van der Waals surface area contributed by atoms with Gasteiger partial charge in [0.1, 0.15) is 6.20 Å². The molecule has 7 heteroatoms. The van der Waals surface area contributed by atoms with Gasteiger partial charge in [-0.1, -0.05) is 19.8 Å².